The number of hydrogen-bond donors (Lipinski definition) is 0. The molecule has 2 aromatic carbocycles. The fourth-order valence-electron chi connectivity index (χ4n) is 3.17. The first-order chi connectivity index (χ1) is 14.6. The summed E-state index contributed by atoms with van der Waals surface area (Å²) in [6, 6.07) is 10.0. The molecule has 0 amide bonds. The third-order valence-corrected chi connectivity index (χ3v) is 7.82. The number of ether oxygens (including phenoxy) is 2. The van der Waals surface area contributed by atoms with Crippen LogP contribution in [0, 0.1) is 0 Å². The largest absolute Gasteiger partial charge is 0.493 e. The van der Waals surface area contributed by atoms with Gasteiger partial charge in [0.05, 0.1) is 29.2 Å². The summed E-state index contributed by atoms with van der Waals surface area (Å²) >= 11 is 12.0. The standard InChI is InChI=1S/C22H30Cl2N2O4S/c1-16(2)26(31(27,28)18-7-8-19(23)20(24)15-18)13-12-25(3)11-10-17-6-9-21(29-4)22(14-17)30-5/h6-9,14-16H,10-13H2,1-5H3. The van der Waals surface area contributed by atoms with E-state index in [0.29, 0.717) is 29.6 Å². The molecule has 0 saturated heterocycles. The van der Waals surface area contributed by atoms with Crippen molar-refractivity contribution in [3.63, 3.8) is 0 Å². The van der Waals surface area contributed by atoms with Gasteiger partial charge in [-0.15, -0.1) is 0 Å². The van der Waals surface area contributed by atoms with E-state index in [1.54, 1.807) is 14.2 Å². The van der Waals surface area contributed by atoms with Crippen LogP contribution in [0.5, 0.6) is 11.5 Å². The average molecular weight is 489 g/mol. The zero-order chi connectivity index (χ0) is 23.2. The SMILES string of the molecule is COc1ccc(CCN(C)CCN(C(C)C)S(=O)(=O)c2ccc(Cl)c(Cl)c2)cc1OC. The van der Waals surface area contributed by atoms with Crippen molar-refractivity contribution >= 4 is 33.2 Å². The zero-order valence-electron chi connectivity index (χ0n) is 18.6. The van der Waals surface area contributed by atoms with Gasteiger partial charge in [-0.3, -0.25) is 0 Å². The summed E-state index contributed by atoms with van der Waals surface area (Å²) in [7, 11) is 1.51. The van der Waals surface area contributed by atoms with Gasteiger partial charge < -0.3 is 14.4 Å². The molecule has 0 saturated carbocycles. The second-order valence-electron chi connectivity index (χ2n) is 7.53. The first-order valence-corrected chi connectivity index (χ1v) is 12.2. The van der Waals surface area contributed by atoms with E-state index < -0.39 is 10.0 Å². The highest BCUT2D eigenvalue weighted by atomic mass is 35.5. The maximum atomic E-state index is 13.1. The van der Waals surface area contributed by atoms with Gasteiger partial charge in [-0.05, 0) is 63.2 Å². The zero-order valence-corrected chi connectivity index (χ0v) is 20.9. The minimum atomic E-state index is -3.69. The van der Waals surface area contributed by atoms with Gasteiger partial charge in [-0.1, -0.05) is 29.3 Å². The Bertz CT molecular complexity index is 983. The molecule has 0 aromatic heterocycles. The number of nitrogens with zero attached hydrogens (tertiary/aromatic N) is 2. The molecule has 0 atom stereocenters. The number of halogens is 2. The van der Waals surface area contributed by atoms with E-state index in [1.165, 1.54) is 22.5 Å². The molecule has 2 rings (SSSR count). The molecule has 0 N–H and O–H groups in total. The van der Waals surface area contributed by atoms with Crippen molar-refractivity contribution in [2.75, 3.05) is 40.9 Å². The summed E-state index contributed by atoms with van der Waals surface area (Å²) in [6.45, 7) is 5.44. The molecule has 0 radical (unpaired) electrons. The molecule has 0 aliphatic rings. The average Bonchev–Trinajstić information content (AvgIpc) is 2.73. The molecule has 0 aliphatic carbocycles. The molecule has 0 aliphatic heterocycles. The fraction of sp³-hybridized carbons (Fsp3) is 0.455. The highest BCUT2D eigenvalue weighted by Gasteiger charge is 2.27. The molecule has 172 valence electrons. The van der Waals surface area contributed by atoms with Gasteiger partial charge in [0.15, 0.2) is 11.5 Å². The number of rotatable bonds is 11. The third kappa shape index (κ3) is 6.73. The van der Waals surface area contributed by atoms with Crippen molar-refractivity contribution in [3.8, 4) is 11.5 Å². The van der Waals surface area contributed by atoms with Crippen LogP contribution < -0.4 is 9.47 Å². The van der Waals surface area contributed by atoms with Crippen LogP contribution >= 0.6 is 23.2 Å². The van der Waals surface area contributed by atoms with Crippen LogP contribution in [0.1, 0.15) is 19.4 Å². The topological polar surface area (TPSA) is 59.1 Å². The minimum absolute atomic E-state index is 0.142. The highest BCUT2D eigenvalue weighted by Crippen LogP contribution is 2.28. The molecule has 0 spiro atoms. The monoisotopic (exact) mass is 488 g/mol. The van der Waals surface area contributed by atoms with Crippen molar-refractivity contribution in [1.29, 1.82) is 0 Å². The summed E-state index contributed by atoms with van der Waals surface area (Å²) in [4.78, 5) is 2.25. The van der Waals surface area contributed by atoms with Gasteiger partial charge >= 0.3 is 0 Å². The quantitative estimate of drug-likeness (QED) is 0.463. The lowest BCUT2D eigenvalue weighted by atomic mass is 10.1. The summed E-state index contributed by atoms with van der Waals surface area (Å²) < 4.78 is 38.4. The van der Waals surface area contributed by atoms with Crippen molar-refractivity contribution in [2.24, 2.45) is 0 Å². The first kappa shape index (κ1) is 25.7. The molecule has 6 nitrogen and oxygen atoms in total. The van der Waals surface area contributed by atoms with Gasteiger partial charge in [0, 0.05) is 25.7 Å². The van der Waals surface area contributed by atoms with Crippen LogP contribution in [0.3, 0.4) is 0 Å². The normalized spacial score (nSPS) is 12.1. The van der Waals surface area contributed by atoms with Crippen LogP contribution in [-0.2, 0) is 16.4 Å². The maximum absolute atomic E-state index is 13.1. The predicted molar refractivity (Wildman–Crippen MR) is 126 cm³/mol. The Balaban J connectivity index is 2.02. The van der Waals surface area contributed by atoms with Crippen LogP contribution in [-0.4, -0.2) is 64.6 Å². The lowest BCUT2D eigenvalue weighted by Crippen LogP contribution is -2.42. The van der Waals surface area contributed by atoms with Gasteiger partial charge in [0.1, 0.15) is 0 Å². The number of methoxy groups -OCH3 is 2. The molecule has 0 heterocycles. The maximum Gasteiger partial charge on any atom is 0.243 e. The summed E-state index contributed by atoms with van der Waals surface area (Å²) in [5.74, 6) is 1.39. The molecule has 0 unspecified atom stereocenters. The summed E-state index contributed by atoms with van der Waals surface area (Å²) in [5, 5.41) is 0.546. The molecular formula is C22H30Cl2N2O4S. The number of likely N-dealkylation sites (N-methyl/N-ethyl adjacent to an activating group) is 1. The van der Waals surface area contributed by atoms with Crippen LogP contribution in [0.2, 0.25) is 10.0 Å². The van der Waals surface area contributed by atoms with Crippen molar-refractivity contribution in [1.82, 2.24) is 9.21 Å². The van der Waals surface area contributed by atoms with E-state index in [0.717, 1.165) is 18.5 Å². The van der Waals surface area contributed by atoms with Crippen molar-refractivity contribution < 1.29 is 17.9 Å². The molecule has 0 fully saturated rings. The second-order valence-corrected chi connectivity index (χ2v) is 10.2. The Morgan fingerprint density at radius 1 is 0.903 bits per heavy atom. The Morgan fingerprint density at radius 2 is 1.58 bits per heavy atom. The molecule has 0 bridgehead atoms. The molecule has 2 aromatic rings. The van der Waals surface area contributed by atoms with Crippen LogP contribution in [0.4, 0.5) is 0 Å². The van der Waals surface area contributed by atoms with E-state index in [4.69, 9.17) is 32.7 Å². The van der Waals surface area contributed by atoms with Gasteiger partial charge in [-0.2, -0.15) is 4.31 Å². The van der Waals surface area contributed by atoms with E-state index in [1.807, 2.05) is 39.1 Å². The molecule has 9 heteroatoms. The van der Waals surface area contributed by atoms with Crippen molar-refractivity contribution in [2.45, 2.75) is 31.2 Å². The Labute approximate surface area is 195 Å². The summed E-state index contributed by atoms with van der Waals surface area (Å²) in [5.41, 5.74) is 1.12. The Morgan fingerprint density at radius 3 is 2.16 bits per heavy atom. The lowest BCUT2D eigenvalue weighted by molar-refractivity contribution is 0.274. The number of benzene rings is 2. The Kier molecular flexibility index (Phi) is 9.45. The van der Waals surface area contributed by atoms with Crippen molar-refractivity contribution in [3.05, 3.63) is 52.0 Å². The van der Waals surface area contributed by atoms with Gasteiger partial charge in [-0.25, -0.2) is 8.42 Å². The van der Waals surface area contributed by atoms with E-state index in [9.17, 15) is 8.42 Å². The smallest absolute Gasteiger partial charge is 0.243 e. The molecule has 31 heavy (non-hydrogen) atoms. The predicted octanol–water partition coefficient (Wildman–Crippen LogP) is 4.58. The van der Waals surface area contributed by atoms with Gasteiger partial charge in [0.2, 0.25) is 10.0 Å². The first-order valence-electron chi connectivity index (χ1n) is 9.96. The van der Waals surface area contributed by atoms with E-state index in [-0.39, 0.29) is 16.0 Å². The Hall–Kier alpha value is -1.51. The minimum Gasteiger partial charge on any atom is -0.493 e. The second kappa shape index (κ2) is 11.4. The molecular weight excluding hydrogens is 459 g/mol. The highest BCUT2D eigenvalue weighted by molar-refractivity contribution is 7.89. The van der Waals surface area contributed by atoms with E-state index >= 15 is 0 Å². The number of sulfonamides is 1. The van der Waals surface area contributed by atoms with Crippen LogP contribution in [0.25, 0.3) is 0 Å². The fourth-order valence-corrected chi connectivity index (χ4v) is 5.18. The third-order valence-electron chi connectivity index (χ3n) is 5.01. The lowest BCUT2D eigenvalue weighted by Gasteiger charge is -2.28. The van der Waals surface area contributed by atoms with Crippen LogP contribution in [0.15, 0.2) is 41.3 Å². The van der Waals surface area contributed by atoms with E-state index in [2.05, 4.69) is 4.90 Å². The summed E-state index contributed by atoms with van der Waals surface area (Å²) in [6.07, 6.45) is 0.804. The number of hydrogen-bond acceptors (Lipinski definition) is 5. The van der Waals surface area contributed by atoms with Gasteiger partial charge in [0.25, 0.3) is 0 Å².